The molecule has 1 aromatic heterocycles. The van der Waals surface area contributed by atoms with Crippen molar-refractivity contribution in [1.29, 1.82) is 0 Å². The minimum atomic E-state index is -0.936. The largest absolute Gasteiger partial charge is 0.481 e. The molecule has 0 aliphatic carbocycles. The number of anilines is 1. The summed E-state index contributed by atoms with van der Waals surface area (Å²) < 4.78 is 1.70. The summed E-state index contributed by atoms with van der Waals surface area (Å²) in [6.45, 7) is 4.99. The molecule has 0 radical (unpaired) electrons. The van der Waals surface area contributed by atoms with Crippen LogP contribution in [-0.4, -0.2) is 45.4 Å². The number of hydrogen-bond acceptors (Lipinski definition) is 3. The minimum absolute atomic E-state index is 0.0919. The summed E-state index contributed by atoms with van der Waals surface area (Å²) in [5, 5.41) is 15.7. The predicted octanol–water partition coefficient (Wildman–Crippen LogP) is 2.99. The van der Waals surface area contributed by atoms with Gasteiger partial charge in [0.1, 0.15) is 5.82 Å². The Morgan fingerprint density at radius 3 is 2.52 bits per heavy atom. The van der Waals surface area contributed by atoms with Crippen LogP contribution in [0.2, 0.25) is 0 Å². The second kappa shape index (κ2) is 8.32. The highest BCUT2D eigenvalue weighted by molar-refractivity contribution is 5.88. The second-order valence-corrected chi connectivity index (χ2v) is 6.27. The van der Waals surface area contributed by atoms with Gasteiger partial charge in [0, 0.05) is 19.7 Å². The molecule has 0 unspecified atom stereocenters. The number of amides is 2. The van der Waals surface area contributed by atoms with Crippen molar-refractivity contribution in [2.24, 2.45) is 0 Å². The average molecular weight is 344 g/mol. The number of carbonyl (C=O) groups is 2. The van der Waals surface area contributed by atoms with Gasteiger partial charge in [-0.1, -0.05) is 38.1 Å². The molecule has 2 N–H and O–H groups in total. The average Bonchev–Trinajstić information content (AvgIpc) is 2.99. The standard InChI is InChI=1S/C18H24N4O3/c1-13(2)15-6-4-14(5-7-15)12-22-16(8-10-19-22)20-18(25)21(3)11-9-17(23)24/h4-8,10,13H,9,11-12H2,1-3H3,(H,20,25)(H,23,24). The van der Waals surface area contributed by atoms with Crippen molar-refractivity contribution in [3.05, 3.63) is 47.7 Å². The van der Waals surface area contributed by atoms with Crippen LogP contribution in [0.3, 0.4) is 0 Å². The normalized spacial score (nSPS) is 10.7. The molecule has 0 aliphatic heterocycles. The van der Waals surface area contributed by atoms with Crippen LogP contribution in [0.4, 0.5) is 10.6 Å². The van der Waals surface area contributed by atoms with E-state index in [1.54, 1.807) is 24.0 Å². The smallest absolute Gasteiger partial charge is 0.322 e. The Morgan fingerprint density at radius 2 is 1.92 bits per heavy atom. The van der Waals surface area contributed by atoms with Crippen molar-refractivity contribution in [2.75, 3.05) is 18.9 Å². The van der Waals surface area contributed by atoms with Gasteiger partial charge >= 0.3 is 12.0 Å². The van der Waals surface area contributed by atoms with E-state index >= 15 is 0 Å². The molecule has 2 aromatic rings. The number of urea groups is 1. The van der Waals surface area contributed by atoms with Crippen molar-refractivity contribution in [3.8, 4) is 0 Å². The van der Waals surface area contributed by atoms with E-state index < -0.39 is 5.97 Å². The molecule has 0 spiro atoms. The molecule has 2 amide bonds. The predicted molar refractivity (Wildman–Crippen MR) is 95.8 cm³/mol. The quantitative estimate of drug-likeness (QED) is 0.808. The van der Waals surface area contributed by atoms with Gasteiger partial charge in [0.05, 0.1) is 19.2 Å². The molecule has 7 nitrogen and oxygen atoms in total. The zero-order valence-corrected chi connectivity index (χ0v) is 14.8. The molecule has 1 heterocycles. The van der Waals surface area contributed by atoms with Crippen molar-refractivity contribution in [1.82, 2.24) is 14.7 Å². The number of aliphatic carboxylic acids is 1. The maximum absolute atomic E-state index is 12.1. The number of rotatable bonds is 7. The van der Waals surface area contributed by atoms with Crippen LogP contribution in [0.15, 0.2) is 36.5 Å². The molecule has 7 heteroatoms. The van der Waals surface area contributed by atoms with Crippen molar-refractivity contribution in [2.45, 2.75) is 32.7 Å². The third kappa shape index (κ3) is 5.34. The minimum Gasteiger partial charge on any atom is -0.481 e. The molecular weight excluding hydrogens is 320 g/mol. The van der Waals surface area contributed by atoms with Crippen LogP contribution in [0, 0.1) is 0 Å². The zero-order chi connectivity index (χ0) is 18.4. The molecule has 134 valence electrons. The molecule has 0 aliphatic rings. The van der Waals surface area contributed by atoms with E-state index in [4.69, 9.17) is 5.11 Å². The van der Waals surface area contributed by atoms with Gasteiger partial charge in [0.15, 0.2) is 0 Å². The molecular formula is C18H24N4O3. The molecule has 2 rings (SSSR count). The molecule has 0 bridgehead atoms. The zero-order valence-electron chi connectivity index (χ0n) is 14.8. The van der Waals surface area contributed by atoms with E-state index in [0.29, 0.717) is 18.3 Å². The van der Waals surface area contributed by atoms with E-state index in [0.717, 1.165) is 5.56 Å². The molecule has 0 atom stereocenters. The molecule has 0 saturated heterocycles. The number of nitrogens with zero attached hydrogens (tertiary/aromatic N) is 3. The van der Waals surface area contributed by atoms with E-state index in [1.807, 2.05) is 0 Å². The Bertz CT molecular complexity index is 722. The maximum atomic E-state index is 12.1. The van der Waals surface area contributed by atoms with Gasteiger partial charge < -0.3 is 10.0 Å². The summed E-state index contributed by atoms with van der Waals surface area (Å²) in [6.07, 6.45) is 1.53. The second-order valence-electron chi connectivity index (χ2n) is 6.27. The lowest BCUT2D eigenvalue weighted by molar-refractivity contribution is -0.137. The number of aromatic nitrogens is 2. The first-order valence-corrected chi connectivity index (χ1v) is 8.21. The fraction of sp³-hybridized carbons (Fsp3) is 0.389. The van der Waals surface area contributed by atoms with Crippen molar-refractivity contribution in [3.63, 3.8) is 0 Å². The number of hydrogen-bond donors (Lipinski definition) is 2. The first-order valence-electron chi connectivity index (χ1n) is 8.21. The Labute approximate surface area is 147 Å². The van der Waals surface area contributed by atoms with Crippen LogP contribution in [0.25, 0.3) is 0 Å². The van der Waals surface area contributed by atoms with Gasteiger partial charge in [-0.05, 0) is 17.0 Å². The summed E-state index contributed by atoms with van der Waals surface area (Å²) in [6, 6.07) is 9.66. The van der Waals surface area contributed by atoms with E-state index in [-0.39, 0.29) is 19.0 Å². The van der Waals surface area contributed by atoms with Crippen LogP contribution >= 0.6 is 0 Å². The van der Waals surface area contributed by atoms with Gasteiger partial charge in [0.2, 0.25) is 0 Å². The van der Waals surface area contributed by atoms with Gasteiger partial charge in [-0.2, -0.15) is 5.10 Å². The number of carbonyl (C=O) groups excluding carboxylic acids is 1. The molecule has 1 aromatic carbocycles. The van der Waals surface area contributed by atoms with Gasteiger partial charge in [-0.15, -0.1) is 0 Å². The van der Waals surface area contributed by atoms with E-state index in [2.05, 4.69) is 48.5 Å². The summed E-state index contributed by atoms with van der Waals surface area (Å²) in [4.78, 5) is 24.1. The van der Waals surface area contributed by atoms with E-state index in [1.165, 1.54) is 10.5 Å². The SMILES string of the molecule is CC(C)c1ccc(Cn2nccc2NC(=O)N(C)CCC(=O)O)cc1. The first kappa shape index (κ1) is 18.5. The van der Waals surface area contributed by atoms with Crippen LogP contribution in [0.5, 0.6) is 0 Å². The Hall–Kier alpha value is -2.83. The highest BCUT2D eigenvalue weighted by Gasteiger charge is 2.13. The summed E-state index contributed by atoms with van der Waals surface area (Å²) in [7, 11) is 1.56. The monoisotopic (exact) mass is 344 g/mol. The van der Waals surface area contributed by atoms with Crippen LogP contribution < -0.4 is 5.32 Å². The van der Waals surface area contributed by atoms with Crippen molar-refractivity contribution >= 4 is 17.8 Å². The van der Waals surface area contributed by atoms with E-state index in [9.17, 15) is 9.59 Å². The third-order valence-electron chi connectivity index (χ3n) is 3.94. The van der Waals surface area contributed by atoms with Gasteiger partial charge in [-0.25, -0.2) is 9.48 Å². The number of nitrogens with one attached hydrogen (secondary N) is 1. The molecule has 25 heavy (non-hydrogen) atoms. The maximum Gasteiger partial charge on any atom is 0.322 e. The lowest BCUT2D eigenvalue weighted by Gasteiger charge is -2.17. The Balaban J connectivity index is 1.99. The summed E-state index contributed by atoms with van der Waals surface area (Å²) in [5.41, 5.74) is 2.36. The van der Waals surface area contributed by atoms with Crippen LogP contribution in [0.1, 0.15) is 37.3 Å². The fourth-order valence-electron chi connectivity index (χ4n) is 2.32. The molecule has 0 fully saturated rings. The topological polar surface area (TPSA) is 87.5 Å². The number of carboxylic acid groups (broad SMARTS) is 1. The number of benzene rings is 1. The fourth-order valence-corrected chi connectivity index (χ4v) is 2.32. The van der Waals surface area contributed by atoms with Crippen molar-refractivity contribution < 1.29 is 14.7 Å². The Kier molecular flexibility index (Phi) is 6.16. The Morgan fingerprint density at radius 1 is 1.24 bits per heavy atom. The molecule has 0 saturated carbocycles. The van der Waals surface area contributed by atoms with Gasteiger partial charge in [0.25, 0.3) is 0 Å². The summed E-state index contributed by atoms with van der Waals surface area (Å²) in [5.74, 6) is 0.115. The highest BCUT2D eigenvalue weighted by atomic mass is 16.4. The summed E-state index contributed by atoms with van der Waals surface area (Å²) >= 11 is 0. The lowest BCUT2D eigenvalue weighted by Crippen LogP contribution is -2.33. The first-order chi connectivity index (χ1) is 11.9. The number of carboxylic acids is 1. The van der Waals surface area contributed by atoms with Crippen LogP contribution in [-0.2, 0) is 11.3 Å². The lowest BCUT2D eigenvalue weighted by atomic mass is 10.0. The third-order valence-corrected chi connectivity index (χ3v) is 3.94. The highest BCUT2D eigenvalue weighted by Crippen LogP contribution is 2.16. The van der Waals surface area contributed by atoms with Gasteiger partial charge in [-0.3, -0.25) is 10.1 Å².